The SMILES string of the molecule is CNC(=O)c1ccc(N)cc1Sc1ccccc1F. The molecule has 0 radical (unpaired) electrons. The second-order valence-electron chi connectivity index (χ2n) is 3.87. The fourth-order valence-electron chi connectivity index (χ4n) is 1.59. The van der Waals surface area contributed by atoms with Gasteiger partial charge in [-0.2, -0.15) is 0 Å². The predicted octanol–water partition coefficient (Wildman–Crippen LogP) is 2.92. The molecule has 3 N–H and O–H groups in total. The number of anilines is 1. The molecule has 0 fully saturated rings. The number of carbonyl (C=O) groups excluding carboxylic acids is 1. The highest BCUT2D eigenvalue weighted by Gasteiger charge is 2.13. The van der Waals surface area contributed by atoms with Crippen LogP contribution in [0.5, 0.6) is 0 Å². The van der Waals surface area contributed by atoms with Gasteiger partial charge in [-0.15, -0.1) is 0 Å². The molecule has 2 rings (SSSR count). The van der Waals surface area contributed by atoms with Crippen molar-refractivity contribution in [3.05, 3.63) is 53.8 Å². The molecular formula is C14H13FN2OS. The van der Waals surface area contributed by atoms with Gasteiger partial charge in [0.25, 0.3) is 5.91 Å². The lowest BCUT2D eigenvalue weighted by molar-refractivity contribution is 0.0960. The minimum Gasteiger partial charge on any atom is -0.399 e. The van der Waals surface area contributed by atoms with Gasteiger partial charge in [-0.05, 0) is 30.3 Å². The molecule has 0 unspecified atom stereocenters. The molecule has 0 aliphatic carbocycles. The number of amides is 1. The van der Waals surface area contributed by atoms with Gasteiger partial charge in [0.1, 0.15) is 5.82 Å². The monoisotopic (exact) mass is 276 g/mol. The minimum atomic E-state index is -0.321. The Morgan fingerprint density at radius 3 is 2.63 bits per heavy atom. The molecule has 1 amide bonds. The molecule has 0 saturated carbocycles. The minimum absolute atomic E-state index is 0.223. The molecule has 0 aliphatic rings. The Balaban J connectivity index is 2.41. The van der Waals surface area contributed by atoms with Crippen LogP contribution >= 0.6 is 11.8 Å². The number of hydrogen-bond donors (Lipinski definition) is 2. The lowest BCUT2D eigenvalue weighted by atomic mass is 10.2. The summed E-state index contributed by atoms with van der Waals surface area (Å²) in [5.74, 6) is -0.545. The van der Waals surface area contributed by atoms with Crippen LogP contribution < -0.4 is 11.1 Å². The van der Waals surface area contributed by atoms with Crippen molar-refractivity contribution in [1.82, 2.24) is 5.32 Å². The van der Waals surface area contributed by atoms with Gasteiger partial charge in [0, 0.05) is 22.5 Å². The molecule has 0 bridgehead atoms. The summed E-state index contributed by atoms with van der Waals surface area (Å²) in [7, 11) is 1.55. The molecule has 2 aromatic rings. The van der Waals surface area contributed by atoms with E-state index in [2.05, 4.69) is 5.32 Å². The highest BCUT2D eigenvalue weighted by molar-refractivity contribution is 7.99. The Labute approximate surface area is 115 Å². The van der Waals surface area contributed by atoms with Gasteiger partial charge >= 0.3 is 0 Å². The summed E-state index contributed by atoms with van der Waals surface area (Å²) >= 11 is 1.18. The maximum atomic E-state index is 13.6. The van der Waals surface area contributed by atoms with Gasteiger partial charge in [0.2, 0.25) is 0 Å². The normalized spacial score (nSPS) is 10.2. The van der Waals surface area contributed by atoms with E-state index < -0.39 is 0 Å². The Bertz CT molecular complexity index is 616. The summed E-state index contributed by atoms with van der Waals surface area (Å²) in [5, 5.41) is 2.55. The van der Waals surface area contributed by atoms with Gasteiger partial charge in [-0.3, -0.25) is 4.79 Å². The topological polar surface area (TPSA) is 55.1 Å². The molecule has 0 atom stereocenters. The van der Waals surface area contributed by atoms with Crippen molar-refractivity contribution >= 4 is 23.4 Å². The van der Waals surface area contributed by atoms with Crippen LogP contribution in [0.2, 0.25) is 0 Å². The van der Waals surface area contributed by atoms with Crippen LogP contribution in [-0.4, -0.2) is 13.0 Å². The molecule has 5 heteroatoms. The second-order valence-corrected chi connectivity index (χ2v) is 4.95. The number of nitrogens with one attached hydrogen (secondary N) is 1. The van der Waals surface area contributed by atoms with E-state index in [-0.39, 0.29) is 11.7 Å². The number of nitrogen functional groups attached to an aromatic ring is 1. The van der Waals surface area contributed by atoms with E-state index in [0.29, 0.717) is 21.0 Å². The Kier molecular flexibility index (Phi) is 4.06. The van der Waals surface area contributed by atoms with Gasteiger partial charge in [-0.25, -0.2) is 4.39 Å². The third kappa shape index (κ3) is 3.06. The number of halogens is 1. The van der Waals surface area contributed by atoms with Crippen molar-refractivity contribution in [2.24, 2.45) is 0 Å². The first kappa shape index (κ1) is 13.4. The quantitative estimate of drug-likeness (QED) is 0.847. The number of carbonyl (C=O) groups is 1. The van der Waals surface area contributed by atoms with Crippen molar-refractivity contribution < 1.29 is 9.18 Å². The maximum Gasteiger partial charge on any atom is 0.252 e. The number of benzene rings is 2. The van der Waals surface area contributed by atoms with Crippen LogP contribution in [0.3, 0.4) is 0 Å². The van der Waals surface area contributed by atoms with Crippen LogP contribution in [0.25, 0.3) is 0 Å². The molecule has 19 heavy (non-hydrogen) atoms. The van der Waals surface area contributed by atoms with Crippen LogP contribution in [0.4, 0.5) is 10.1 Å². The van der Waals surface area contributed by atoms with Crippen LogP contribution in [0, 0.1) is 5.82 Å². The van der Waals surface area contributed by atoms with E-state index in [1.54, 1.807) is 43.4 Å². The summed E-state index contributed by atoms with van der Waals surface area (Å²) in [6.45, 7) is 0. The smallest absolute Gasteiger partial charge is 0.252 e. The first-order valence-electron chi connectivity index (χ1n) is 5.66. The number of nitrogens with two attached hydrogens (primary N) is 1. The van der Waals surface area contributed by atoms with Crippen molar-refractivity contribution in [2.75, 3.05) is 12.8 Å². The molecule has 3 nitrogen and oxygen atoms in total. The Morgan fingerprint density at radius 2 is 1.95 bits per heavy atom. The van der Waals surface area contributed by atoms with E-state index in [9.17, 15) is 9.18 Å². The van der Waals surface area contributed by atoms with Crippen LogP contribution in [0.1, 0.15) is 10.4 Å². The first-order valence-corrected chi connectivity index (χ1v) is 6.47. The molecule has 98 valence electrons. The molecule has 2 aromatic carbocycles. The summed E-state index contributed by atoms with van der Waals surface area (Å²) in [6.07, 6.45) is 0. The first-order chi connectivity index (χ1) is 9.11. The van der Waals surface area contributed by atoms with Crippen molar-refractivity contribution in [1.29, 1.82) is 0 Å². The van der Waals surface area contributed by atoms with Gasteiger partial charge in [-0.1, -0.05) is 23.9 Å². The Morgan fingerprint density at radius 1 is 1.21 bits per heavy atom. The fraction of sp³-hybridized carbons (Fsp3) is 0.0714. The second kappa shape index (κ2) is 5.75. The summed E-state index contributed by atoms with van der Waals surface area (Å²) in [6, 6.07) is 11.4. The highest BCUT2D eigenvalue weighted by atomic mass is 32.2. The van der Waals surface area contributed by atoms with E-state index in [0.717, 1.165) is 0 Å². The average Bonchev–Trinajstić information content (AvgIpc) is 2.41. The van der Waals surface area contributed by atoms with E-state index in [1.165, 1.54) is 17.8 Å². The largest absolute Gasteiger partial charge is 0.399 e. The third-order valence-electron chi connectivity index (χ3n) is 2.53. The number of hydrogen-bond acceptors (Lipinski definition) is 3. The lowest BCUT2D eigenvalue weighted by Gasteiger charge is -2.09. The zero-order valence-electron chi connectivity index (χ0n) is 10.3. The summed E-state index contributed by atoms with van der Waals surface area (Å²) in [4.78, 5) is 12.8. The molecule has 0 spiro atoms. The van der Waals surface area contributed by atoms with Crippen molar-refractivity contribution in [3.63, 3.8) is 0 Å². The molecular weight excluding hydrogens is 263 g/mol. The van der Waals surface area contributed by atoms with Gasteiger partial charge < -0.3 is 11.1 Å². The summed E-state index contributed by atoms with van der Waals surface area (Å²) in [5.41, 5.74) is 6.73. The predicted molar refractivity (Wildman–Crippen MR) is 74.8 cm³/mol. The number of rotatable bonds is 3. The molecule has 0 aromatic heterocycles. The van der Waals surface area contributed by atoms with E-state index in [4.69, 9.17) is 5.73 Å². The Hall–Kier alpha value is -2.01. The lowest BCUT2D eigenvalue weighted by Crippen LogP contribution is -2.18. The van der Waals surface area contributed by atoms with Gasteiger partial charge in [0.15, 0.2) is 0 Å². The van der Waals surface area contributed by atoms with Gasteiger partial charge in [0.05, 0.1) is 5.56 Å². The maximum absolute atomic E-state index is 13.6. The highest BCUT2D eigenvalue weighted by Crippen LogP contribution is 2.33. The standard InChI is InChI=1S/C14H13FN2OS/c1-17-14(18)10-7-6-9(16)8-13(10)19-12-5-3-2-4-11(12)15/h2-8H,16H2,1H3,(H,17,18). The average molecular weight is 276 g/mol. The van der Waals surface area contributed by atoms with Crippen molar-refractivity contribution in [2.45, 2.75) is 9.79 Å². The van der Waals surface area contributed by atoms with E-state index in [1.807, 2.05) is 0 Å². The summed E-state index contributed by atoms with van der Waals surface area (Å²) < 4.78 is 13.6. The van der Waals surface area contributed by atoms with Crippen LogP contribution in [0.15, 0.2) is 52.3 Å². The zero-order valence-corrected chi connectivity index (χ0v) is 11.1. The fourth-order valence-corrected chi connectivity index (χ4v) is 2.61. The zero-order chi connectivity index (χ0) is 13.8. The van der Waals surface area contributed by atoms with Crippen LogP contribution in [-0.2, 0) is 0 Å². The molecule has 0 heterocycles. The van der Waals surface area contributed by atoms with Crippen molar-refractivity contribution in [3.8, 4) is 0 Å². The third-order valence-corrected chi connectivity index (χ3v) is 3.64. The molecule has 0 aliphatic heterocycles. The molecule has 0 saturated heterocycles. The van der Waals surface area contributed by atoms with E-state index >= 15 is 0 Å².